The average Bonchev–Trinajstić information content (AvgIpc) is 2.67. The number of ether oxygens (including phenoxy) is 1. The predicted molar refractivity (Wildman–Crippen MR) is 132 cm³/mol. The summed E-state index contributed by atoms with van der Waals surface area (Å²) in [6.45, 7) is 11.8. The SMILES string of the molecule is CCCCNC(=O)[C@H](CSSC[C@H](NC(=O)OC(C)(C)C)C(=O)NCCCC)NC(C)=O. The Morgan fingerprint density at radius 3 is 1.62 bits per heavy atom. The Morgan fingerprint density at radius 2 is 1.25 bits per heavy atom. The van der Waals surface area contributed by atoms with Crippen LogP contribution in [0.5, 0.6) is 0 Å². The van der Waals surface area contributed by atoms with Gasteiger partial charge in [-0.05, 0) is 33.6 Å². The molecule has 9 nitrogen and oxygen atoms in total. The van der Waals surface area contributed by atoms with E-state index in [0.29, 0.717) is 18.8 Å². The van der Waals surface area contributed by atoms with E-state index >= 15 is 0 Å². The van der Waals surface area contributed by atoms with Crippen LogP contribution in [0.1, 0.15) is 67.2 Å². The van der Waals surface area contributed by atoms with Crippen molar-refractivity contribution in [1.82, 2.24) is 21.3 Å². The zero-order valence-corrected chi connectivity index (χ0v) is 21.8. The highest BCUT2D eigenvalue weighted by atomic mass is 33.1. The second kappa shape index (κ2) is 16.9. The molecule has 11 heteroatoms. The van der Waals surface area contributed by atoms with Crippen molar-refractivity contribution in [2.75, 3.05) is 24.6 Å². The molecule has 0 aromatic rings. The molecule has 0 aliphatic rings. The maximum atomic E-state index is 12.5. The number of hydrogen-bond acceptors (Lipinski definition) is 7. The van der Waals surface area contributed by atoms with Crippen LogP contribution in [-0.4, -0.2) is 66.1 Å². The van der Waals surface area contributed by atoms with Gasteiger partial charge in [-0.25, -0.2) is 4.79 Å². The Bertz CT molecular complexity index is 599. The summed E-state index contributed by atoms with van der Waals surface area (Å²) in [6, 6.07) is -1.45. The highest BCUT2D eigenvalue weighted by Gasteiger charge is 2.25. The number of unbranched alkanes of at least 4 members (excludes halogenated alkanes) is 2. The number of nitrogens with one attached hydrogen (secondary N) is 4. The standard InChI is InChI=1S/C21H40N4O5S2/c1-7-9-11-22-18(27)16(24-15(3)26)13-31-32-14-17(19(28)23-12-10-8-2)25-20(29)30-21(4,5)6/h16-17H,7-14H2,1-6H3,(H,22,27)(H,23,28)(H,24,26)(H,25,29)/t16-,17-/m0/s1. The summed E-state index contributed by atoms with van der Waals surface area (Å²) in [6.07, 6.45) is 2.96. The monoisotopic (exact) mass is 492 g/mol. The van der Waals surface area contributed by atoms with Crippen LogP contribution in [0.15, 0.2) is 0 Å². The second-order valence-electron chi connectivity index (χ2n) is 8.31. The van der Waals surface area contributed by atoms with Crippen LogP contribution in [0.4, 0.5) is 4.79 Å². The number of hydrogen-bond donors (Lipinski definition) is 4. The largest absolute Gasteiger partial charge is 0.444 e. The molecule has 0 saturated heterocycles. The molecule has 186 valence electrons. The fourth-order valence-corrected chi connectivity index (χ4v) is 4.64. The third kappa shape index (κ3) is 16.1. The summed E-state index contributed by atoms with van der Waals surface area (Å²) >= 11 is 0. The van der Waals surface area contributed by atoms with Gasteiger partial charge in [0.2, 0.25) is 17.7 Å². The van der Waals surface area contributed by atoms with E-state index < -0.39 is 23.8 Å². The van der Waals surface area contributed by atoms with Crippen molar-refractivity contribution in [2.45, 2.75) is 84.9 Å². The molecule has 0 heterocycles. The molecular weight excluding hydrogens is 452 g/mol. The third-order valence-electron chi connectivity index (χ3n) is 3.91. The molecular formula is C21H40N4O5S2. The number of carbonyl (C=O) groups is 4. The van der Waals surface area contributed by atoms with Crippen molar-refractivity contribution in [3.8, 4) is 0 Å². The van der Waals surface area contributed by atoms with Crippen molar-refractivity contribution in [1.29, 1.82) is 0 Å². The smallest absolute Gasteiger partial charge is 0.408 e. The summed E-state index contributed by atoms with van der Waals surface area (Å²) in [5, 5.41) is 10.9. The summed E-state index contributed by atoms with van der Waals surface area (Å²) in [5.41, 5.74) is -0.675. The molecule has 0 unspecified atom stereocenters. The zero-order chi connectivity index (χ0) is 24.6. The van der Waals surface area contributed by atoms with E-state index in [-0.39, 0.29) is 23.5 Å². The molecule has 0 bridgehead atoms. The first-order chi connectivity index (χ1) is 15.0. The summed E-state index contributed by atoms with van der Waals surface area (Å²) in [4.78, 5) is 48.5. The first kappa shape index (κ1) is 30.4. The molecule has 0 aromatic heterocycles. The third-order valence-corrected chi connectivity index (χ3v) is 6.34. The lowest BCUT2D eigenvalue weighted by Crippen LogP contribution is -2.49. The van der Waals surface area contributed by atoms with Crippen molar-refractivity contribution < 1.29 is 23.9 Å². The highest BCUT2D eigenvalue weighted by molar-refractivity contribution is 8.76. The summed E-state index contributed by atoms with van der Waals surface area (Å²) in [7, 11) is 2.70. The molecule has 0 fully saturated rings. The van der Waals surface area contributed by atoms with Gasteiger partial charge < -0.3 is 26.0 Å². The maximum Gasteiger partial charge on any atom is 0.408 e. The van der Waals surface area contributed by atoms with Crippen molar-refractivity contribution >= 4 is 45.4 Å². The Morgan fingerprint density at radius 1 is 0.812 bits per heavy atom. The number of rotatable bonds is 15. The summed E-state index contributed by atoms with van der Waals surface area (Å²) < 4.78 is 5.26. The van der Waals surface area contributed by atoms with Gasteiger partial charge in [-0.1, -0.05) is 48.3 Å². The molecule has 0 aromatic carbocycles. The van der Waals surface area contributed by atoms with E-state index in [1.165, 1.54) is 28.5 Å². The number of amides is 4. The molecule has 0 aliphatic carbocycles. The average molecular weight is 493 g/mol. The lowest BCUT2D eigenvalue weighted by molar-refractivity contribution is -0.127. The van der Waals surface area contributed by atoms with Gasteiger partial charge in [0.25, 0.3) is 0 Å². The van der Waals surface area contributed by atoms with E-state index in [9.17, 15) is 19.2 Å². The quantitative estimate of drug-likeness (QED) is 0.204. The molecule has 0 rings (SSSR count). The van der Waals surface area contributed by atoms with Gasteiger partial charge in [0.05, 0.1) is 0 Å². The molecule has 4 N–H and O–H groups in total. The lowest BCUT2D eigenvalue weighted by atomic mass is 10.2. The van der Waals surface area contributed by atoms with Gasteiger partial charge in [-0.2, -0.15) is 0 Å². The van der Waals surface area contributed by atoms with Crippen molar-refractivity contribution in [2.24, 2.45) is 0 Å². The Balaban J connectivity index is 4.81. The summed E-state index contributed by atoms with van der Waals surface area (Å²) in [5.74, 6) is -0.188. The van der Waals surface area contributed by atoms with Crippen LogP contribution in [0, 0.1) is 0 Å². The molecule has 32 heavy (non-hydrogen) atoms. The van der Waals surface area contributed by atoms with Gasteiger partial charge in [0.1, 0.15) is 17.7 Å². The molecule has 0 radical (unpaired) electrons. The Hall–Kier alpha value is -1.62. The fraction of sp³-hybridized carbons (Fsp3) is 0.810. The van der Waals surface area contributed by atoms with E-state index in [1.807, 2.05) is 13.8 Å². The molecule has 0 spiro atoms. The van der Waals surface area contributed by atoms with Gasteiger partial charge in [0, 0.05) is 31.5 Å². The van der Waals surface area contributed by atoms with E-state index in [1.54, 1.807) is 20.8 Å². The van der Waals surface area contributed by atoms with E-state index in [4.69, 9.17) is 4.74 Å². The predicted octanol–water partition coefficient (Wildman–Crippen LogP) is 2.60. The Labute approximate surface area is 200 Å². The topological polar surface area (TPSA) is 126 Å². The molecule has 2 atom stereocenters. The minimum atomic E-state index is -0.781. The molecule has 0 saturated carbocycles. The lowest BCUT2D eigenvalue weighted by Gasteiger charge is -2.23. The normalized spacial score (nSPS) is 12.9. The first-order valence-corrected chi connectivity index (χ1v) is 13.5. The minimum absolute atomic E-state index is 0.234. The van der Waals surface area contributed by atoms with E-state index in [2.05, 4.69) is 21.3 Å². The fourth-order valence-electron chi connectivity index (χ4n) is 2.32. The van der Waals surface area contributed by atoms with Gasteiger partial charge in [-0.3, -0.25) is 14.4 Å². The van der Waals surface area contributed by atoms with Gasteiger partial charge >= 0.3 is 6.09 Å². The maximum absolute atomic E-state index is 12.5. The number of carbonyl (C=O) groups excluding carboxylic acids is 4. The van der Waals surface area contributed by atoms with Crippen LogP contribution < -0.4 is 21.3 Å². The van der Waals surface area contributed by atoms with Crippen LogP contribution in [0.3, 0.4) is 0 Å². The van der Waals surface area contributed by atoms with Crippen molar-refractivity contribution in [3.63, 3.8) is 0 Å². The zero-order valence-electron chi connectivity index (χ0n) is 20.2. The van der Waals surface area contributed by atoms with Gasteiger partial charge in [-0.15, -0.1) is 0 Å². The second-order valence-corrected chi connectivity index (χ2v) is 10.9. The van der Waals surface area contributed by atoms with Crippen molar-refractivity contribution in [3.05, 3.63) is 0 Å². The van der Waals surface area contributed by atoms with Gasteiger partial charge in [0.15, 0.2) is 0 Å². The molecule has 0 aliphatic heterocycles. The van der Waals surface area contributed by atoms with Crippen LogP contribution in [0.2, 0.25) is 0 Å². The minimum Gasteiger partial charge on any atom is -0.444 e. The van der Waals surface area contributed by atoms with E-state index in [0.717, 1.165) is 25.7 Å². The Kier molecular flexibility index (Phi) is 16.1. The van der Waals surface area contributed by atoms with Crippen LogP contribution >= 0.6 is 21.6 Å². The highest BCUT2D eigenvalue weighted by Crippen LogP contribution is 2.23. The first-order valence-electron chi connectivity index (χ1n) is 11.1. The van der Waals surface area contributed by atoms with Crippen LogP contribution in [0.25, 0.3) is 0 Å². The molecule has 4 amide bonds. The van der Waals surface area contributed by atoms with Crippen LogP contribution in [-0.2, 0) is 19.1 Å². The number of alkyl carbamates (subject to hydrolysis) is 1.